The van der Waals surface area contributed by atoms with Gasteiger partial charge in [-0.3, -0.25) is 4.90 Å². The van der Waals surface area contributed by atoms with Gasteiger partial charge in [0, 0.05) is 30.6 Å². The molecule has 2 rings (SSSR count). The lowest BCUT2D eigenvalue weighted by atomic mass is 10.3. The summed E-state index contributed by atoms with van der Waals surface area (Å²) >= 11 is 1.76. The number of rotatable bonds is 6. The molecule has 0 aromatic carbocycles. The van der Waals surface area contributed by atoms with Crippen molar-refractivity contribution in [3.63, 3.8) is 0 Å². The van der Waals surface area contributed by atoms with Crippen molar-refractivity contribution in [2.24, 2.45) is 0 Å². The second-order valence-corrected chi connectivity index (χ2v) is 5.27. The summed E-state index contributed by atoms with van der Waals surface area (Å²) in [5.74, 6) is 0. The van der Waals surface area contributed by atoms with Gasteiger partial charge < -0.3 is 5.32 Å². The summed E-state index contributed by atoms with van der Waals surface area (Å²) in [7, 11) is 2.17. The van der Waals surface area contributed by atoms with E-state index in [0.717, 1.165) is 25.7 Å². The van der Waals surface area contributed by atoms with E-state index in [1.165, 1.54) is 23.4 Å². The molecule has 1 N–H and O–H groups in total. The van der Waals surface area contributed by atoms with Crippen molar-refractivity contribution in [2.75, 3.05) is 20.1 Å². The first-order valence-corrected chi connectivity index (χ1v) is 6.44. The van der Waals surface area contributed by atoms with E-state index in [4.69, 9.17) is 0 Å². The average molecular weight is 225 g/mol. The van der Waals surface area contributed by atoms with Gasteiger partial charge in [-0.05, 0) is 26.8 Å². The third-order valence-corrected chi connectivity index (χ3v) is 3.68. The van der Waals surface area contributed by atoms with Crippen LogP contribution in [0.5, 0.6) is 0 Å². The average Bonchev–Trinajstić information content (AvgIpc) is 2.93. The largest absolute Gasteiger partial charge is 0.313 e. The van der Waals surface area contributed by atoms with Crippen LogP contribution in [0.1, 0.15) is 23.4 Å². The molecule has 15 heavy (non-hydrogen) atoms. The van der Waals surface area contributed by atoms with Crippen molar-refractivity contribution < 1.29 is 0 Å². The molecule has 0 aliphatic heterocycles. The topological polar surface area (TPSA) is 28.2 Å². The van der Waals surface area contributed by atoms with Crippen molar-refractivity contribution in [2.45, 2.75) is 32.4 Å². The van der Waals surface area contributed by atoms with Gasteiger partial charge >= 0.3 is 0 Å². The minimum Gasteiger partial charge on any atom is -0.313 e. The molecule has 84 valence electrons. The number of nitrogens with zero attached hydrogens (tertiary/aromatic N) is 2. The summed E-state index contributed by atoms with van der Waals surface area (Å²) in [5.41, 5.74) is 3.11. The zero-order valence-corrected chi connectivity index (χ0v) is 10.3. The van der Waals surface area contributed by atoms with Crippen molar-refractivity contribution in [1.29, 1.82) is 0 Å². The number of likely N-dealkylation sites (N-methyl/N-ethyl adjacent to an activating group) is 1. The molecule has 0 amide bonds. The van der Waals surface area contributed by atoms with Crippen LogP contribution in [0.2, 0.25) is 0 Å². The van der Waals surface area contributed by atoms with Crippen LogP contribution in [0, 0.1) is 6.92 Å². The normalized spacial score (nSPS) is 16.2. The Hall–Kier alpha value is -0.450. The van der Waals surface area contributed by atoms with Crippen molar-refractivity contribution in [1.82, 2.24) is 15.2 Å². The molecule has 4 heteroatoms. The van der Waals surface area contributed by atoms with Gasteiger partial charge in [0.2, 0.25) is 0 Å². The summed E-state index contributed by atoms with van der Waals surface area (Å²) in [6.45, 7) is 5.35. The summed E-state index contributed by atoms with van der Waals surface area (Å²) in [4.78, 5) is 8.01. The summed E-state index contributed by atoms with van der Waals surface area (Å²) in [6, 6.07) is 0.823. The second-order valence-electron chi connectivity index (χ2n) is 4.33. The first-order chi connectivity index (χ1) is 7.25. The molecular formula is C11H19N3S. The predicted octanol–water partition coefficient (Wildman–Crippen LogP) is 1.64. The van der Waals surface area contributed by atoms with Gasteiger partial charge in [-0.1, -0.05) is 0 Å². The molecule has 0 unspecified atom stereocenters. The second kappa shape index (κ2) is 5.05. The molecule has 1 aliphatic carbocycles. The third-order valence-electron chi connectivity index (χ3n) is 2.76. The van der Waals surface area contributed by atoms with Gasteiger partial charge in [0.25, 0.3) is 0 Å². The highest BCUT2D eigenvalue weighted by Gasteiger charge is 2.19. The number of hydrogen-bond donors (Lipinski definition) is 1. The van der Waals surface area contributed by atoms with Crippen molar-refractivity contribution in [3.05, 3.63) is 16.1 Å². The van der Waals surface area contributed by atoms with Crippen LogP contribution in [0.4, 0.5) is 0 Å². The lowest BCUT2D eigenvalue weighted by Gasteiger charge is -2.16. The molecule has 1 saturated carbocycles. The maximum Gasteiger partial charge on any atom is 0.0798 e. The van der Waals surface area contributed by atoms with Gasteiger partial charge in [-0.15, -0.1) is 11.3 Å². The molecule has 1 aromatic heterocycles. The first-order valence-electron chi connectivity index (χ1n) is 5.56. The SMILES string of the molecule is Cc1ncsc1CN(C)CCNC1CC1. The zero-order chi connectivity index (χ0) is 10.7. The molecule has 0 radical (unpaired) electrons. The van der Waals surface area contributed by atoms with E-state index in [1.54, 1.807) is 11.3 Å². The Morgan fingerprint density at radius 2 is 2.40 bits per heavy atom. The van der Waals surface area contributed by atoms with E-state index in [9.17, 15) is 0 Å². The van der Waals surface area contributed by atoms with E-state index >= 15 is 0 Å². The predicted molar refractivity (Wildman–Crippen MR) is 64.2 cm³/mol. The van der Waals surface area contributed by atoms with Crippen LogP contribution >= 0.6 is 11.3 Å². The minimum absolute atomic E-state index is 0.823. The van der Waals surface area contributed by atoms with Gasteiger partial charge in [-0.2, -0.15) is 0 Å². The van der Waals surface area contributed by atoms with E-state index in [0.29, 0.717) is 0 Å². The maximum atomic E-state index is 4.26. The summed E-state index contributed by atoms with van der Waals surface area (Å²) in [5, 5.41) is 3.53. The number of aromatic nitrogens is 1. The van der Waals surface area contributed by atoms with Crippen LogP contribution in [0.25, 0.3) is 0 Å². The fraction of sp³-hybridized carbons (Fsp3) is 0.727. The quantitative estimate of drug-likeness (QED) is 0.797. The smallest absolute Gasteiger partial charge is 0.0798 e. The Labute approximate surface area is 95.5 Å². The Balaban J connectivity index is 1.67. The molecule has 1 aromatic rings. The standard InChI is InChI=1S/C11H19N3S/c1-9-11(15-8-13-9)7-14(2)6-5-12-10-3-4-10/h8,10,12H,3-7H2,1-2H3. The molecule has 1 aliphatic rings. The molecule has 1 heterocycles. The number of thiazole rings is 1. The molecule has 3 nitrogen and oxygen atoms in total. The molecular weight excluding hydrogens is 206 g/mol. The number of nitrogens with one attached hydrogen (secondary N) is 1. The van der Waals surface area contributed by atoms with Crippen molar-refractivity contribution in [3.8, 4) is 0 Å². The monoisotopic (exact) mass is 225 g/mol. The van der Waals surface area contributed by atoms with E-state index < -0.39 is 0 Å². The van der Waals surface area contributed by atoms with Gasteiger partial charge in [0.15, 0.2) is 0 Å². The lowest BCUT2D eigenvalue weighted by Crippen LogP contribution is -2.29. The maximum absolute atomic E-state index is 4.26. The molecule has 0 atom stereocenters. The van der Waals surface area contributed by atoms with Crippen LogP contribution < -0.4 is 5.32 Å². The third kappa shape index (κ3) is 3.55. The summed E-state index contributed by atoms with van der Waals surface area (Å²) in [6.07, 6.45) is 2.75. The van der Waals surface area contributed by atoms with Gasteiger partial charge in [0.05, 0.1) is 11.2 Å². The molecule has 0 bridgehead atoms. The first kappa shape index (κ1) is 11.0. The fourth-order valence-corrected chi connectivity index (χ4v) is 2.41. The van der Waals surface area contributed by atoms with Crippen molar-refractivity contribution >= 4 is 11.3 Å². The van der Waals surface area contributed by atoms with Gasteiger partial charge in [0.1, 0.15) is 0 Å². The van der Waals surface area contributed by atoms with Crippen LogP contribution in [0.3, 0.4) is 0 Å². The van der Waals surface area contributed by atoms with E-state index in [1.807, 2.05) is 5.51 Å². The highest BCUT2D eigenvalue weighted by atomic mass is 32.1. The number of hydrogen-bond acceptors (Lipinski definition) is 4. The highest BCUT2D eigenvalue weighted by molar-refractivity contribution is 7.09. The Morgan fingerprint density at radius 3 is 3.00 bits per heavy atom. The lowest BCUT2D eigenvalue weighted by molar-refractivity contribution is 0.326. The molecule has 1 fully saturated rings. The molecule has 0 spiro atoms. The van der Waals surface area contributed by atoms with Crippen LogP contribution in [-0.4, -0.2) is 36.1 Å². The minimum atomic E-state index is 0.823. The Morgan fingerprint density at radius 1 is 1.60 bits per heavy atom. The number of aryl methyl sites for hydroxylation is 1. The highest BCUT2D eigenvalue weighted by Crippen LogP contribution is 2.18. The fourth-order valence-electron chi connectivity index (χ4n) is 1.55. The van der Waals surface area contributed by atoms with Crippen LogP contribution in [-0.2, 0) is 6.54 Å². The Bertz CT molecular complexity index is 307. The zero-order valence-electron chi connectivity index (χ0n) is 9.49. The van der Waals surface area contributed by atoms with E-state index in [2.05, 4.69) is 29.2 Å². The Kier molecular flexibility index (Phi) is 3.72. The van der Waals surface area contributed by atoms with E-state index in [-0.39, 0.29) is 0 Å². The summed E-state index contributed by atoms with van der Waals surface area (Å²) < 4.78 is 0. The van der Waals surface area contributed by atoms with Crippen LogP contribution in [0.15, 0.2) is 5.51 Å². The molecule has 0 saturated heterocycles. The van der Waals surface area contributed by atoms with Gasteiger partial charge in [-0.25, -0.2) is 4.98 Å².